The number of nitrogens with zero attached hydrogens (tertiary/aromatic N) is 2. The number of carboxylic acid groups (broad SMARTS) is 2. The van der Waals surface area contributed by atoms with Crippen molar-refractivity contribution >= 4 is 35.7 Å². The molecule has 60 heavy (non-hydrogen) atoms. The fraction of sp³-hybridized carbons (Fsp3) is 0.708. The summed E-state index contributed by atoms with van der Waals surface area (Å²) in [5.74, 6) is -4.81. The van der Waals surface area contributed by atoms with E-state index in [-0.39, 0.29) is 39.1 Å². The first-order chi connectivity index (χ1) is 29.1. The van der Waals surface area contributed by atoms with Gasteiger partial charge in [-0.25, -0.2) is 0 Å². The molecule has 0 aromatic heterocycles. The molecule has 0 fully saturated rings. The third kappa shape index (κ3) is 38.0. The minimum atomic E-state index is -1.36. The molecule has 0 aliphatic carbocycles. The second kappa shape index (κ2) is 41.5. The molecule has 0 aromatic carbocycles. The maximum absolute atomic E-state index is 13.3. The van der Waals surface area contributed by atoms with Gasteiger partial charge in [0.1, 0.15) is 26.3 Å². The Hall–Kier alpha value is -4.22. The van der Waals surface area contributed by atoms with Crippen LogP contribution in [0.5, 0.6) is 0 Å². The molecule has 342 valence electrons. The van der Waals surface area contributed by atoms with Crippen molar-refractivity contribution in [1.29, 1.82) is 0 Å². The summed E-state index contributed by atoms with van der Waals surface area (Å²) >= 11 is 0. The number of carbonyl (C=O) groups excluding carboxylic acids is 4. The van der Waals surface area contributed by atoms with Crippen molar-refractivity contribution in [2.75, 3.05) is 39.4 Å². The molecular weight excluding hydrogens is 765 g/mol. The molecule has 0 aliphatic rings. The maximum atomic E-state index is 13.3. The molecule has 2 N–H and O–H groups in total. The van der Waals surface area contributed by atoms with Gasteiger partial charge in [0, 0.05) is 19.3 Å². The lowest BCUT2D eigenvalue weighted by Gasteiger charge is -2.26. The van der Waals surface area contributed by atoms with E-state index in [1.165, 1.54) is 43.4 Å². The largest absolute Gasteiger partial charge is 0.481 e. The van der Waals surface area contributed by atoms with Gasteiger partial charge in [0.15, 0.2) is 0 Å². The number of hydrogen-bond donors (Lipinski definition) is 2. The predicted octanol–water partition coefficient (Wildman–Crippen LogP) is 10.3. The molecule has 2 amide bonds. The number of carbonyl (C=O) groups is 6. The molecule has 0 unspecified atom stereocenters. The SMILES string of the molecule is CCCCC/C=C\C/C=C\CCCCCCCC(=O)OCCN(CCOC(=O)CCCCCCC/C=C\C/C=C\CCCCC)C(=O)CN(CC(=O)O)C(=O)CCC(=O)O. The summed E-state index contributed by atoms with van der Waals surface area (Å²) in [4.78, 5) is 75.3. The molecule has 0 rings (SSSR count). The Morgan fingerprint density at radius 3 is 1.22 bits per heavy atom. The normalized spacial score (nSPS) is 11.6. The fourth-order valence-corrected chi connectivity index (χ4v) is 6.24. The number of aliphatic carboxylic acids is 2. The van der Waals surface area contributed by atoms with Gasteiger partial charge in [-0.15, -0.1) is 0 Å². The molecule has 0 spiro atoms. The Morgan fingerprint density at radius 2 is 0.817 bits per heavy atom. The van der Waals surface area contributed by atoms with Crippen LogP contribution in [0.2, 0.25) is 0 Å². The zero-order chi connectivity index (χ0) is 44.3. The molecule has 0 radical (unpaired) electrons. The van der Waals surface area contributed by atoms with Gasteiger partial charge in [-0.05, 0) is 77.0 Å². The van der Waals surface area contributed by atoms with Crippen LogP contribution in [-0.4, -0.2) is 95.1 Å². The van der Waals surface area contributed by atoms with Gasteiger partial charge in [0.2, 0.25) is 11.8 Å². The van der Waals surface area contributed by atoms with Crippen molar-refractivity contribution in [2.24, 2.45) is 0 Å². The van der Waals surface area contributed by atoms with Crippen LogP contribution >= 0.6 is 0 Å². The second-order valence-electron chi connectivity index (χ2n) is 15.3. The van der Waals surface area contributed by atoms with E-state index < -0.39 is 61.6 Å². The van der Waals surface area contributed by atoms with Crippen molar-refractivity contribution < 1.29 is 48.5 Å². The van der Waals surface area contributed by atoms with E-state index in [1.54, 1.807) is 0 Å². The quantitative estimate of drug-likeness (QED) is 0.0343. The maximum Gasteiger partial charge on any atom is 0.323 e. The standard InChI is InChI=1S/C48H80N2O10/c1-3-5-7-9-11-13-15-17-19-21-23-25-27-29-31-33-47(57)59-39-37-49(44(52)41-50(42-46(55)56)43(51)35-36-45(53)54)38-40-60-48(58)34-32-30-28-26-24-22-20-18-16-14-12-10-8-6-4-2/h11-14,17-20H,3-10,15-16,21-42H2,1-2H3,(H,53,54)(H,55,56)/b13-11-,14-12-,19-17-,20-18-. The van der Waals surface area contributed by atoms with E-state index in [4.69, 9.17) is 14.6 Å². The fourth-order valence-electron chi connectivity index (χ4n) is 6.24. The summed E-state index contributed by atoms with van der Waals surface area (Å²) in [7, 11) is 0. The Balaban J connectivity index is 4.68. The summed E-state index contributed by atoms with van der Waals surface area (Å²) in [6, 6.07) is 0. The Morgan fingerprint density at radius 1 is 0.417 bits per heavy atom. The summed E-state index contributed by atoms with van der Waals surface area (Å²) in [5, 5.41) is 18.3. The van der Waals surface area contributed by atoms with E-state index in [0.29, 0.717) is 12.8 Å². The number of ether oxygens (including phenoxy) is 2. The van der Waals surface area contributed by atoms with Gasteiger partial charge in [-0.3, -0.25) is 28.8 Å². The van der Waals surface area contributed by atoms with Gasteiger partial charge >= 0.3 is 23.9 Å². The molecule has 0 saturated carbocycles. The summed E-state index contributed by atoms with van der Waals surface area (Å²) < 4.78 is 10.8. The molecule has 0 atom stereocenters. The van der Waals surface area contributed by atoms with E-state index in [2.05, 4.69) is 62.5 Å². The van der Waals surface area contributed by atoms with Crippen molar-refractivity contribution in [3.63, 3.8) is 0 Å². The van der Waals surface area contributed by atoms with Crippen molar-refractivity contribution in [3.8, 4) is 0 Å². The van der Waals surface area contributed by atoms with Crippen LogP contribution < -0.4 is 0 Å². The highest BCUT2D eigenvalue weighted by molar-refractivity contribution is 5.88. The first kappa shape index (κ1) is 55.8. The molecular formula is C48H80N2O10. The van der Waals surface area contributed by atoms with Crippen LogP contribution in [0.15, 0.2) is 48.6 Å². The summed E-state index contributed by atoms with van der Waals surface area (Å²) in [5.41, 5.74) is 0. The molecule has 0 saturated heterocycles. The van der Waals surface area contributed by atoms with Crippen LogP contribution in [0.4, 0.5) is 0 Å². The second-order valence-corrected chi connectivity index (χ2v) is 15.3. The monoisotopic (exact) mass is 845 g/mol. The molecule has 0 bridgehead atoms. The summed E-state index contributed by atoms with van der Waals surface area (Å²) in [6.45, 7) is 2.64. The highest BCUT2D eigenvalue weighted by Gasteiger charge is 2.24. The number of allylic oxidation sites excluding steroid dienone is 8. The smallest absolute Gasteiger partial charge is 0.323 e. The van der Waals surface area contributed by atoms with Gasteiger partial charge in [0.05, 0.1) is 19.5 Å². The van der Waals surface area contributed by atoms with Crippen LogP contribution in [0.1, 0.15) is 181 Å². The van der Waals surface area contributed by atoms with E-state index >= 15 is 0 Å². The first-order valence-corrected chi connectivity index (χ1v) is 23.0. The number of rotatable bonds is 41. The molecule has 0 aromatic rings. The lowest BCUT2D eigenvalue weighted by atomic mass is 10.1. The van der Waals surface area contributed by atoms with E-state index in [0.717, 1.165) is 94.8 Å². The lowest BCUT2D eigenvalue weighted by Crippen LogP contribution is -2.46. The highest BCUT2D eigenvalue weighted by Crippen LogP contribution is 2.11. The van der Waals surface area contributed by atoms with Crippen molar-refractivity contribution in [2.45, 2.75) is 181 Å². The number of hydrogen-bond acceptors (Lipinski definition) is 8. The van der Waals surface area contributed by atoms with Crippen LogP contribution in [-0.2, 0) is 38.2 Å². The number of carboxylic acids is 2. The zero-order valence-electron chi connectivity index (χ0n) is 37.3. The number of amides is 2. The van der Waals surface area contributed by atoms with E-state index in [9.17, 15) is 33.9 Å². The van der Waals surface area contributed by atoms with Gasteiger partial charge in [-0.2, -0.15) is 0 Å². The third-order valence-electron chi connectivity index (χ3n) is 9.82. The molecule has 0 heterocycles. The predicted molar refractivity (Wildman–Crippen MR) is 238 cm³/mol. The Labute approximate surface area is 361 Å². The highest BCUT2D eigenvalue weighted by atomic mass is 16.5. The van der Waals surface area contributed by atoms with Crippen LogP contribution in [0.25, 0.3) is 0 Å². The van der Waals surface area contributed by atoms with Gasteiger partial charge in [-0.1, -0.05) is 127 Å². The lowest BCUT2D eigenvalue weighted by molar-refractivity contribution is -0.151. The Kier molecular flexibility index (Phi) is 38.6. The first-order valence-electron chi connectivity index (χ1n) is 23.0. The average molecular weight is 845 g/mol. The van der Waals surface area contributed by atoms with Crippen LogP contribution in [0.3, 0.4) is 0 Å². The van der Waals surface area contributed by atoms with E-state index in [1.807, 2.05) is 0 Å². The molecule has 12 nitrogen and oxygen atoms in total. The van der Waals surface area contributed by atoms with Gasteiger partial charge < -0.3 is 29.5 Å². The Bertz CT molecular complexity index is 1210. The van der Waals surface area contributed by atoms with Gasteiger partial charge in [0.25, 0.3) is 0 Å². The molecule has 12 heteroatoms. The third-order valence-corrected chi connectivity index (χ3v) is 9.82. The number of esters is 2. The summed E-state index contributed by atoms with van der Waals surface area (Å²) in [6.07, 6.45) is 40.9. The van der Waals surface area contributed by atoms with Crippen molar-refractivity contribution in [3.05, 3.63) is 48.6 Å². The van der Waals surface area contributed by atoms with Crippen LogP contribution in [0, 0.1) is 0 Å². The minimum absolute atomic E-state index is 0.0561. The molecule has 0 aliphatic heterocycles. The average Bonchev–Trinajstić information content (AvgIpc) is 3.21. The van der Waals surface area contributed by atoms with Crippen molar-refractivity contribution in [1.82, 2.24) is 9.80 Å². The zero-order valence-corrected chi connectivity index (χ0v) is 37.3. The minimum Gasteiger partial charge on any atom is -0.481 e. The topological polar surface area (TPSA) is 168 Å². The number of unbranched alkanes of at least 4 members (excludes halogenated alkanes) is 16.